The van der Waals surface area contributed by atoms with Crippen LogP contribution in [0.5, 0.6) is 0 Å². The topological polar surface area (TPSA) is 61.7 Å². The van der Waals surface area contributed by atoms with Gasteiger partial charge in [-0.3, -0.25) is 0 Å². The smallest absolute Gasteiger partial charge is 0.321 e. The normalized spacial score (nSPS) is 10.8. The number of anilines is 1. The number of nitrogens with zero attached hydrogens (tertiary/aromatic N) is 3. The second kappa shape index (κ2) is 7.14. The standard InChI is InChI=1S/C18H21N5O/c1-22(2)18(24)21-15-8-6-14(7-9-15)12-19-13-16-4-3-5-17-20-10-11-23(16)17/h3-11,19H,12-13H2,1-2H3,(H,21,24). The molecule has 0 atom stereocenters. The van der Waals surface area contributed by atoms with Gasteiger partial charge in [0.05, 0.1) is 0 Å². The van der Waals surface area contributed by atoms with Crippen molar-refractivity contribution in [1.29, 1.82) is 0 Å². The number of urea groups is 1. The van der Waals surface area contributed by atoms with Crippen LogP contribution < -0.4 is 10.6 Å². The van der Waals surface area contributed by atoms with Crippen LogP contribution >= 0.6 is 0 Å². The van der Waals surface area contributed by atoms with E-state index < -0.39 is 0 Å². The molecule has 2 N–H and O–H groups in total. The first-order valence-electron chi connectivity index (χ1n) is 7.82. The lowest BCUT2D eigenvalue weighted by atomic mass is 10.2. The van der Waals surface area contributed by atoms with E-state index in [0.717, 1.165) is 30.0 Å². The van der Waals surface area contributed by atoms with E-state index in [1.807, 2.05) is 42.6 Å². The van der Waals surface area contributed by atoms with Crippen molar-refractivity contribution in [3.63, 3.8) is 0 Å². The molecule has 0 aliphatic carbocycles. The van der Waals surface area contributed by atoms with Crippen molar-refractivity contribution in [2.24, 2.45) is 0 Å². The van der Waals surface area contributed by atoms with Gasteiger partial charge in [0, 0.05) is 51.0 Å². The number of aromatic nitrogens is 2. The van der Waals surface area contributed by atoms with Gasteiger partial charge in [0.15, 0.2) is 0 Å². The highest BCUT2D eigenvalue weighted by atomic mass is 16.2. The van der Waals surface area contributed by atoms with E-state index in [1.54, 1.807) is 20.3 Å². The molecule has 2 amide bonds. The molecule has 3 rings (SSSR count). The largest absolute Gasteiger partial charge is 0.331 e. The second-order valence-electron chi connectivity index (χ2n) is 5.80. The lowest BCUT2D eigenvalue weighted by molar-refractivity contribution is 0.230. The summed E-state index contributed by atoms with van der Waals surface area (Å²) in [7, 11) is 3.43. The first-order chi connectivity index (χ1) is 11.6. The third-order valence-electron chi connectivity index (χ3n) is 3.76. The fraction of sp³-hybridized carbons (Fsp3) is 0.222. The van der Waals surface area contributed by atoms with Crippen molar-refractivity contribution in [2.45, 2.75) is 13.1 Å². The van der Waals surface area contributed by atoms with Crippen molar-refractivity contribution in [1.82, 2.24) is 19.6 Å². The molecule has 0 aliphatic rings. The molecule has 0 bridgehead atoms. The number of carbonyl (C=O) groups excluding carboxylic acids is 1. The lowest BCUT2D eigenvalue weighted by Crippen LogP contribution is -2.27. The fourth-order valence-electron chi connectivity index (χ4n) is 2.43. The van der Waals surface area contributed by atoms with Gasteiger partial charge in [-0.25, -0.2) is 9.78 Å². The van der Waals surface area contributed by atoms with Crippen molar-refractivity contribution in [2.75, 3.05) is 19.4 Å². The molecule has 6 nitrogen and oxygen atoms in total. The Morgan fingerprint density at radius 1 is 1.12 bits per heavy atom. The average Bonchev–Trinajstić information content (AvgIpc) is 3.06. The van der Waals surface area contributed by atoms with Crippen molar-refractivity contribution in [3.8, 4) is 0 Å². The van der Waals surface area contributed by atoms with Crippen molar-refractivity contribution >= 4 is 17.4 Å². The molecule has 124 valence electrons. The monoisotopic (exact) mass is 323 g/mol. The van der Waals surface area contributed by atoms with E-state index in [4.69, 9.17) is 0 Å². The van der Waals surface area contributed by atoms with Crippen LogP contribution in [-0.4, -0.2) is 34.4 Å². The molecule has 0 unspecified atom stereocenters. The summed E-state index contributed by atoms with van der Waals surface area (Å²) < 4.78 is 2.08. The Hall–Kier alpha value is -2.86. The summed E-state index contributed by atoms with van der Waals surface area (Å²) in [5, 5.41) is 6.26. The van der Waals surface area contributed by atoms with Gasteiger partial charge in [-0.1, -0.05) is 18.2 Å². The Bertz CT molecular complexity index is 823. The highest BCUT2D eigenvalue weighted by molar-refractivity contribution is 5.88. The Morgan fingerprint density at radius 2 is 1.92 bits per heavy atom. The fourth-order valence-corrected chi connectivity index (χ4v) is 2.43. The predicted molar refractivity (Wildman–Crippen MR) is 94.9 cm³/mol. The predicted octanol–water partition coefficient (Wildman–Crippen LogP) is 2.72. The van der Waals surface area contributed by atoms with Gasteiger partial charge in [0.25, 0.3) is 0 Å². The molecule has 1 aromatic carbocycles. The molecule has 0 radical (unpaired) electrons. The van der Waals surface area contributed by atoms with E-state index >= 15 is 0 Å². The quantitative estimate of drug-likeness (QED) is 0.759. The van der Waals surface area contributed by atoms with E-state index in [9.17, 15) is 4.79 Å². The highest BCUT2D eigenvalue weighted by Gasteiger charge is 2.04. The van der Waals surface area contributed by atoms with Crippen LogP contribution in [-0.2, 0) is 13.1 Å². The van der Waals surface area contributed by atoms with E-state index in [1.165, 1.54) is 10.6 Å². The zero-order chi connectivity index (χ0) is 16.9. The Morgan fingerprint density at radius 3 is 2.67 bits per heavy atom. The maximum absolute atomic E-state index is 11.6. The maximum Gasteiger partial charge on any atom is 0.321 e. The number of hydrogen-bond acceptors (Lipinski definition) is 3. The first-order valence-corrected chi connectivity index (χ1v) is 7.82. The number of imidazole rings is 1. The Balaban J connectivity index is 1.55. The summed E-state index contributed by atoms with van der Waals surface area (Å²) in [5.41, 5.74) is 4.08. The third kappa shape index (κ3) is 3.72. The molecule has 0 saturated heterocycles. The molecular weight excluding hydrogens is 302 g/mol. The average molecular weight is 323 g/mol. The van der Waals surface area contributed by atoms with Gasteiger partial charge >= 0.3 is 6.03 Å². The Kier molecular flexibility index (Phi) is 4.77. The molecule has 0 saturated carbocycles. The molecule has 0 spiro atoms. The van der Waals surface area contributed by atoms with E-state index in [2.05, 4.69) is 26.1 Å². The van der Waals surface area contributed by atoms with Gasteiger partial charge in [0.2, 0.25) is 0 Å². The lowest BCUT2D eigenvalue weighted by Gasteiger charge is -2.12. The minimum atomic E-state index is -0.130. The van der Waals surface area contributed by atoms with Crippen LogP contribution in [0.4, 0.5) is 10.5 Å². The van der Waals surface area contributed by atoms with E-state index in [-0.39, 0.29) is 6.03 Å². The molecule has 2 aromatic heterocycles. The number of benzene rings is 1. The number of rotatable bonds is 5. The zero-order valence-electron chi connectivity index (χ0n) is 13.9. The summed E-state index contributed by atoms with van der Waals surface area (Å²) in [5.74, 6) is 0. The summed E-state index contributed by atoms with van der Waals surface area (Å²) in [6.45, 7) is 1.51. The van der Waals surface area contributed by atoms with Crippen LogP contribution in [0.15, 0.2) is 54.9 Å². The minimum Gasteiger partial charge on any atom is -0.331 e. The summed E-state index contributed by atoms with van der Waals surface area (Å²) in [4.78, 5) is 17.4. The Labute approximate surface area is 141 Å². The number of carbonyl (C=O) groups is 1. The molecule has 2 heterocycles. The number of pyridine rings is 1. The van der Waals surface area contributed by atoms with E-state index in [0.29, 0.717) is 0 Å². The molecular formula is C18H21N5O. The molecule has 6 heteroatoms. The van der Waals surface area contributed by atoms with Crippen molar-refractivity contribution in [3.05, 3.63) is 66.1 Å². The highest BCUT2D eigenvalue weighted by Crippen LogP contribution is 2.11. The molecule has 0 aliphatic heterocycles. The van der Waals surface area contributed by atoms with Gasteiger partial charge in [0.1, 0.15) is 5.65 Å². The van der Waals surface area contributed by atoms with Gasteiger partial charge in [-0.15, -0.1) is 0 Å². The van der Waals surface area contributed by atoms with Crippen LogP contribution in [0.25, 0.3) is 5.65 Å². The molecule has 24 heavy (non-hydrogen) atoms. The number of hydrogen-bond donors (Lipinski definition) is 2. The SMILES string of the molecule is CN(C)C(=O)Nc1ccc(CNCc2cccc3nccn23)cc1. The first kappa shape index (κ1) is 16.0. The van der Waals surface area contributed by atoms with Gasteiger partial charge in [-0.05, 0) is 29.8 Å². The maximum atomic E-state index is 11.6. The summed E-state index contributed by atoms with van der Waals surface area (Å²) in [6.07, 6.45) is 3.77. The molecule has 3 aromatic rings. The van der Waals surface area contributed by atoms with Crippen LogP contribution in [0.2, 0.25) is 0 Å². The van der Waals surface area contributed by atoms with Crippen LogP contribution in [0, 0.1) is 0 Å². The van der Waals surface area contributed by atoms with Gasteiger partial charge < -0.3 is 19.9 Å². The summed E-state index contributed by atoms with van der Waals surface area (Å²) in [6, 6.07) is 13.8. The summed E-state index contributed by atoms with van der Waals surface area (Å²) >= 11 is 0. The number of fused-ring (bicyclic) bond motifs is 1. The third-order valence-corrected chi connectivity index (χ3v) is 3.76. The molecule has 0 fully saturated rings. The minimum absolute atomic E-state index is 0.130. The number of amides is 2. The zero-order valence-corrected chi connectivity index (χ0v) is 13.9. The number of nitrogens with one attached hydrogen (secondary N) is 2. The van der Waals surface area contributed by atoms with Gasteiger partial charge in [-0.2, -0.15) is 0 Å². The van der Waals surface area contributed by atoms with Crippen LogP contribution in [0.3, 0.4) is 0 Å². The van der Waals surface area contributed by atoms with Crippen LogP contribution in [0.1, 0.15) is 11.3 Å². The van der Waals surface area contributed by atoms with Crippen molar-refractivity contribution < 1.29 is 4.79 Å². The second-order valence-corrected chi connectivity index (χ2v) is 5.80.